The number of nitrogens with one attached hydrogen (secondary N) is 2. The molecule has 0 saturated heterocycles. The second-order valence-electron chi connectivity index (χ2n) is 2.69. The van der Waals surface area contributed by atoms with E-state index in [2.05, 4.69) is 0 Å². The van der Waals surface area contributed by atoms with E-state index in [1.54, 1.807) is 4.72 Å². The number of sulfonamides is 1. The van der Waals surface area contributed by atoms with Crippen molar-refractivity contribution in [2.75, 3.05) is 0 Å². The second-order valence-corrected chi connectivity index (χ2v) is 6.25. The van der Waals surface area contributed by atoms with Crippen molar-refractivity contribution in [1.82, 2.24) is 4.72 Å². The van der Waals surface area contributed by atoms with Crippen LogP contribution in [0.3, 0.4) is 0 Å². The number of hydrogen-bond donors (Lipinski definition) is 5. The lowest BCUT2D eigenvalue weighted by atomic mass is 9.83. The van der Waals surface area contributed by atoms with E-state index in [4.69, 9.17) is 32.8 Å². The molecule has 0 spiro atoms. The van der Waals surface area contributed by atoms with Gasteiger partial charge in [-0.3, -0.25) is 5.41 Å². The summed E-state index contributed by atoms with van der Waals surface area (Å²) < 4.78 is 24.6. The highest BCUT2D eigenvalue weighted by Gasteiger charge is 2.28. The average Bonchev–Trinajstić information content (AvgIpc) is 2.45. The Morgan fingerprint density at radius 1 is 1.62 bits per heavy atom. The topological polar surface area (TPSA) is 136 Å². The van der Waals surface area contributed by atoms with Crippen molar-refractivity contribution < 1.29 is 18.5 Å². The maximum absolute atomic E-state index is 11.6. The molecule has 7 nitrogen and oxygen atoms in total. The molecule has 1 rings (SSSR count). The van der Waals surface area contributed by atoms with Gasteiger partial charge in [-0.25, -0.2) is 13.1 Å². The third-order valence-corrected chi connectivity index (χ3v) is 4.66. The van der Waals surface area contributed by atoms with E-state index in [0.717, 1.165) is 6.07 Å². The lowest BCUT2D eigenvalue weighted by Gasteiger charge is -2.05. The summed E-state index contributed by atoms with van der Waals surface area (Å²) in [5.41, 5.74) is 4.63. The van der Waals surface area contributed by atoms with E-state index in [9.17, 15) is 8.42 Å². The van der Waals surface area contributed by atoms with Gasteiger partial charge >= 0.3 is 7.12 Å². The van der Waals surface area contributed by atoms with Crippen molar-refractivity contribution >= 4 is 51.5 Å². The van der Waals surface area contributed by atoms with Gasteiger partial charge in [-0.2, -0.15) is 0 Å². The number of hydrogen-bond acceptors (Lipinski definition) is 6. The number of thiophene rings is 1. The van der Waals surface area contributed by atoms with Gasteiger partial charge in [0.25, 0.3) is 10.0 Å². The standard InChI is InChI=1S/C5H7BClN3O4S2/c7-3-1-2(6(11)12)4(15-3)16(13,14)10-5(8)9/h1,11-12H,(H4,8,9,10). The molecule has 0 saturated carbocycles. The Morgan fingerprint density at radius 3 is 2.62 bits per heavy atom. The van der Waals surface area contributed by atoms with Crippen LogP contribution in [-0.2, 0) is 10.0 Å². The van der Waals surface area contributed by atoms with E-state index in [1.165, 1.54) is 0 Å². The summed E-state index contributed by atoms with van der Waals surface area (Å²) in [6.07, 6.45) is 0. The summed E-state index contributed by atoms with van der Waals surface area (Å²) in [6, 6.07) is 1.12. The summed E-state index contributed by atoms with van der Waals surface area (Å²) >= 11 is 6.21. The molecule has 11 heteroatoms. The van der Waals surface area contributed by atoms with Crippen LogP contribution in [0.2, 0.25) is 4.34 Å². The first-order chi connectivity index (χ1) is 7.24. The maximum atomic E-state index is 11.6. The number of guanidine groups is 1. The van der Waals surface area contributed by atoms with Crippen molar-refractivity contribution in [3.63, 3.8) is 0 Å². The van der Waals surface area contributed by atoms with Crippen LogP contribution in [0.1, 0.15) is 0 Å². The highest BCUT2D eigenvalue weighted by molar-refractivity contribution is 7.92. The van der Waals surface area contributed by atoms with Gasteiger partial charge < -0.3 is 15.8 Å². The molecule has 6 N–H and O–H groups in total. The Labute approximate surface area is 101 Å². The smallest absolute Gasteiger partial charge is 0.423 e. The molecule has 0 amide bonds. The first kappa shape index (κ1) is 13.3. The Bertz CT molecular complexity index is 514. The normalized spacial score (nSPS) is 11.2. The maximum Gasteiger partial charge on any atom is 0.490 e. The Hall–Kier alpha value is -0.805. The minimum atomic E-state index is -4.10. The van der Waals surface area contributed by atoms with Gasteiger partial charge in [-0.15, -0.1) is 11.3 Å². The molecule has 0 bridgehead atoms. The van der Waals surface area contributed by atoms with Crippen LogP contribution < -0.4 is 15.9 Å². The molecular weight excluding hydrogens is 276 g/mol. The fourth-order valence-electron chi connectivity index (χ4n) is 0.939. The molecule has 0 aliphatic carbocycles. The minimum Gasteiger partial charge on any atom is -0.423 e. The van der Waals surface area contributed by atoms with Crippen LogP contribution in [0.4, 0.5) is 0 Å². The van der Waals surface area contributed by atoms with Gasteiger partial charge in [0.2, 0.25) is 0 Å². The zero-order valence-corrected chi connectivity index (χ0v) is 10.0. The summed E-state index contributed by atoms with van der Waals surface area (Å²) in [5, 5.41) is 24.7. The molecule has 0 radical (unpaired) electrons. The predicted molar refractivity (Wildman–Crippen MR) is 61.4 cm³/mol. The van der Waals surface area contributed by atoms with Crippen LogP contribution in [0.15, 0.2) is 10.3 Å². The van der Waals surface area contributed by atoms with Gasteiger partial charge in [0.05, 0.1) is 4.34 Å². The van der Waals surface area contributed by atoms with Crippen LogP contribution in [-0.4, -0.2) is 31.5 Å². The molecule has 88 valence electrons. The zero-order valence-electron chi connectivity index (χ0n) is 7.64. The molecular formula is C5H7BClN3O4S2. The average molecular weight is 284 g/mol. The molecule has 0 unspecified atom stereocenters. The molecule has 0 aromatic carbocycles. The first-order valence-corrected chi connectivity index (χ1v) is 6.44. The third kappa shape index (κ3) is 2.86. The van der Waals surface area contributed by atoms with Crippen LogP contribution in [0.5, 0.6) is 0 Å². The zero-order chi connectivity index (χ0) is 12.5. The van der Waals surface area contributed by atoms with Crippen LogP contribution in [0, 0.1) is 5.41 Å². The summed E-state index contributed by atoms with van der Waals surface area (Å²) in [6.45, 7) is 0. The first-order valence-electron chi connectivity index (χ1n) is 3.76. The number of rotatable bonds is 3. The number of halogens is 1. The molecule has 16 heavy (non-hydrogen) atoms. The second kappa shape index (κ2) is 4.59. The minimum absolute atomic E-state index is 0.0760. The van der Waals surface area contributed by atoms with E-state index < -0.39 is 23.1 Å². The Morgan fingerprint density at radius 2 is 2.19 bits per heavy atom. The van der Waals surface area contributed by atoms with Crippen molar-refractivity contribution in [3.05, 3.63) is 10.4 Å². The fourth-order valence-corrected chi connectivity index (χ4v) is 3.76. The molecule has 1 heterocycles. The lowest BCUT2D eigenvalue weighted by molar-refractivity contribution is 0.425. The van der Waals surface area contributed by atoms with Crippen LogP contribution in [0.25, 0.3) is 0 Å². The van der Waals surface area contributed by atoms with E-state index >= 15 is 0 Å². The van der Waals surface area contributed by atoms with Crippen LogP contribution >= 0.6 is 22.9 Å². The van der Waals surface area contributed by atoms with Crippen molar-refractivity contribution in [1.29, 1.82) is 5.41 Å². The molecule has 0 fully saturated rings. The van der Waals surface area contributed by atoms with Gasteiger partial charge in [0, 0.05) is 5.46 Å². The third-order valence-electron chi connectivity index (χ3n) is 1.46. The van der Waals surface area contributed by atoms with E-state index in [1.807, 2.05) is 0 Å². The predicted octanol–water partition coefficient (Wildman–Crippen LogP) is -1.75. The Kier molecular flexibility index (Phi) is 3.81. The van der Waals surface area contributed by atoms with Gasteiger partial charge in [0.1, 0.15) is 4.21 Å². The quantitative estimate of drug-likeness (QED) is 0.255. The molecule has 1 aromatic rings. The monoisotopic (exact) mass is 283 g/mol. The van der Waals surface area contributed by atoms with Crippen molar-refractivity contribution in [2.24, 2.45) is 5.73 Å². The molecule has 0 atom stereocenters. The summed E-state index contributed by atoms with van der Waals surface area (Å²) in [5.74, 6) is -0.775. The molecule has 0 aliphatic rings. The van der Waals surface area contributed by atoms with Gasteiger partial charge in [-0.05, 0) is 6.07 Å². The summed E-state index contributed by atoms with van der Waals surface area (Å²) in [4.78, 5) is 0. The molecule has 0 aliphatic heterocycles. The van der Waals surface area contributed by atoms with E-state index in [0.29, 0.717) is 11.3 Å². The van der Waals surface area contributed by atoms with E-state index in [-0.39, 0.29) is 14.0 Å². The highest BCUT2D eigenvalue weighted by Crippen LogP contribution is 2.23. The highest BCUT2D eigenvalue weighted by atomic mass is 35.5. The molecule has 1 aromatic heterocycles. The van der Waals surface area contributed by atoms with Gasteiger partial charge in [0.15, 0.2) is 5.96 Å². The number of nitrogens with two attached hydrogens (primary N) is 1. The van der Waals surface area contributed by atoms with Crippen molar-refractivity contribution in [3.8, 4) is 0 Å². The Balaban J connectivity index is 3.27. The lowest BCUT2D eigenvalue weighted by Crippen LogP contribution is -2.40. The largest absolute Gasteiger partial charge is 0.490 e. The van der Waals surface area contributed by atoms with Crippen molar-refractivity contribution in [2.45, 2.75) is 4.21 Å². The summed E-state index contributed by atoms with van der Waals surface area (Å²) in [7, 11) is -6.07. The SMILES string of the molecule is N=C(N)NS(=O)(=O)c1sc(Cl)cc1B(O)O. The fraction of sp³-hybridized carbons (Fsp3) is 0. The van der Waals surface area contributed by atoms with Gasteiger partial charge in [-0.1, -0.05) is 11.6 Å².